The summed E-state index contributed by atoms with van der Waals surface area (Å²) in [6, 6.07) is 10.8. The SMILES string of the molecule is C=c1[nH]n(-c2ccc(Cl)c(Cl)c2)c(=O)c1=Cc1cccc([N+](=O)[O-])c1. The van der Waals surface area contributed by atoms with E-state index in [0.717, 1.165) is 0 Å². The fourth-order valence-electron chi connectivity index (χ4n) is 2.35. The molecular formula is C17H11Cl2N3O3. The Kier molecular flexibility index (Phi) is 4.48. The molecule has 1 aromatic heterocycles. The van der Waals surface area contributed by atoms with Gasteiger partial charge < -0.3 is 0 Å². The highest BCUT2D eigenvalue weighted by Gasteiger charge is 2.08. The van der Waals surface area contributed by atoms with Crippen molar-refractivity contribution in [1.82, 2.24) is 9.78 Å². The van der Waals surface area contributed by atoms with Gasteiger partial charge >= 0.3 is 0 Å². The third kappa shape index (κ3) is 3.35. The van der Waals surface area contributed by atoms with Crippen LogP contribution in [0, 0.1) is 10.1 Å². The van der Waals surface area contributed by atoms with Crippen LogP contribution >= 0.6 is 23.2 Å². The number of nitrogens with zero attached hydrogens (tertiary/aromatic N) is 2. The summed E-state index contributed by atoms with van der Waals surface area (Å²) >= 11 is 11.9. The number of H-pyrrole nitrogens is 1. The summed E-state index contributed by atoms with van der Waals surface area (Å²) in [5.41, 5.74) is 0.620. The van der Waals surface area contributed by atoms with Crippen LogP contribution < -0.4 is 16.1 Å². The van der Waals surface area contributed by atoms with Gasteiger partial charge in [-0.2, -0.15) is 0 Å². The molecule has 8 heteroatoms. The second-order valence-electron chi connectivity index (χ2n) is 5.24. The van der Waals surface area contributed by atoms with E-state index in [4.69, 9.17) is 23.2 Å². The van der Waals surface area contributed by atoms with Crippen molar-refractivity contribution in [1.29, 1.82) is 0 Å². The molecule has 0 amide bonds. The normalized spacial score (nSPS) is 11.7. The zero-order valence-corrected chi connectivity index (χ0v) is 14.2. The maximum absolute atomic E-state index is 12.7. The van der Waals surface area contributed by atoms with E-state index < -0.39 is 4.92 Å². The quantitative estimate of drug-likeness (QED) is 0.564. The lowest BCUT2D eigenvalue weighted by atomic mass is 10.2. The van der Waals surface area contributed by atoms with Gasteiger partial charge in [-0.1, -0.05) is 41.9 Å². The maximum atomic E-state index is 12.7. The molecule has 0 aliphatic rings. The number of non-ortho nitro benzene ring substituents is 1. The smallest absolute Gasteiger partial charge is 0.279 e. The number of halogens is 2. The molecule has 0 atom stereocenters. The van der Waals surface area contributed by atoms with Gasteiger partial charge in [0, 0.05) is 12.1 Å². The minimum atomic E-state index is -0.492. The Hall–Kier alpha value is -2.83. The molecule has 0 aliphatic carbocycles. The van der Waals surface area contributed by atoms with E-state index in [1.54, 1.807) is 36.4 Å². The number of benzene rings is 2. The highest BCUT2D eigenvalue weighted by molar-refractivity contribution is 6.42. The van der Waals surface area contributed by atoms with Crippen LogP contribution in [0.15, 0.2) is 47.3 Å². The van der Waals surface area contributed by atoms with Crippen LogP contribution in [0.2, 0.25) is 10.0 Å². The fraction of sp³-hybridized carbons (Fsp3) is 0. The average Bonchev–Trinajstić information content (AvgIpc) is 2.86. The van der Waals surface area contributed by atoms with Crippen molar-refractivity contribution in [2.75, 3.05) is 0 Å². The Labute approximate surface area is 151 Å². The van der Waals surface area contributed by atoms with E-state index in [1.807, 2.05) is 0 Å². The van der Waals surface area contributed by atoms with Gasteiger partial charge in [-0.05, 0) is 29.8 Å². The summed E-state index contributed by atoms with van der Waals surface area (Å²) < 4.78 is 1.29. The number of nitro groups is 1. The number of nitrogens with one attached hydrogen (secondary N) is 1. The van der Waals surface area contributed by atoms with Gasteiger partial charge in [0.05, 0.1) is 31.2 Å². The van der Waals surface area contributed by atoms with Gasteiger partial charge in [0.15, 0.2) is 0 Å². The zero-order chi connectivity index (χ0) is 18.1. The summed E-state index contributed by atoms with van der Waals surface area (Å²) in [4.78, 5) is 23.0. The average molecular weight is 376 g/mol. The Bertz CT molecular complexity index is 1150. The molecule has 0 bridgehead atoms. The van der Waals surface area contributed by atoms with Crippen LogP contribution in [0.5, 0.6) is 0 Å². The molecule has 126 valence electrons. The standard InChI is InChI=1S/C17H11Cl2N3O3/c1-10-14(8-11-3-2-4-13(7-11)22(24)25)17(23)21(20-10)12-5-6-15(18)16(19)9-12/h2-9,20H,1H2. The summed E-state index contributed by atoms with van der Waals surface area (Å²) in [7, 11) is 0. The predicted octanol–water partition coefficient (Wildman–Crippen LogP) is 2.62. The zero-order valence-electron chi connectivity index (χ0n) is 12.7. The highest BCUT2D eigenvalue weighted by Crippen LogP contribution is 2.23. The monoisotopic (exact) mass is 375 g/mol. The molecule has 25 heavy (non-hydrogen) atoms. The van der Waals surface area contributed by atoms with Gasteiger partial charge in [0.25, 0.3) is 11.2 Å². The molecule has 0 spiro atoms. The largest absolute Gasteiger partial charge is 0.291 e. The van der Waals surface area contributed by atoms with Crippen molar-refractivity contribution >= 4 is 41.5 Å². The van der Waals surface area contributed by atoms with Crippen molar-refractivity contribution in [3.8, 4) is 5.69 Å². The molecule has 1 heterocycles. The molecule has 3 rings (SSSR count). The lowest BCUT2D eigenvalue weighted by Crippen LogP contribution is -2.33. The number of nitro benzene ring substituents is 1. The van der Waals surface area contributed by atoms with Crippen LogP contribution in [0.4, 0.5) is 5.69 Å². The number of hydrogen-bond acceptors (Lipinski definition) is 3. The number of hydrogen-bond donors (Lipinski definition) is 1. The van der Waals surface area contributed by atoms with Crippen LogP contribution in [0.3, 0.4) is 0 Å². The van der Waals surface area contributed by atoms with Gasteiger partial charge in [-0.25, -0.2) is 4.68 Å². The van der Waals surface area contributed by atoms with Crippen molar-refractivity contribution in [2.45, 2.75) is 0 Å². The molecule has 0 saturated heterocycles. The first kappa shape index (κ1) is 17.0. The Morgan fingerprint density at radius 3 is 2.60 bits per heavy atom. The first-order chi connectivity index (χ1) is 11.9. The van der Waals surface area contributed by atoms with E-state index in [2.05, 4.69) is 11.7 Å². The van der Waals surface area contributed by atoms with E-state index in [9.17, 15) is 14.9 Å². The van der Waals surface area contributed by atoms with E-state index in [0.29, 0.717) is 31.9 Å². The van der Waals surface area contributed by atoms with Crippen molar-refractivity contribution in [3.05, 3.63) is 89.1 Å². The maximum Gasteiger partial charge on any atom is 0.279 e. The first-order valence-corrected chi connectivity index (χ1v) is 7.84. The Morgan fingerprint density at radius 1 is 1.16 bits per heavy atom. The first-order valence-electron chi connectivity index (χ1n) is 7.08. The molecule has 0 fully saturated rings. The summed E-state index contributed by atoms with van der Waals surface area (Å²) in [5, 5.41) is 15.1. The lowest BCUT2D eigenvalue weighted by Gasteiger charge is -2.02. The van der Waals surface area contributed by atoms with Crippen LogP contribution in [-0.4, -0.2) is 14.7 Å². The molecular weight excluding hydrogens is 365 g/mol. The van der Waals surface area contributed by atoms with Gasteiger partial charge in [0.2, 0.25) is 0 Å². The third-order valence-electron chi connectivity index (χ3n) is 3.56. The minimum Gasteiger partial charge on any atom is -0.291 e. The van der Waals surface area contributed by atoms with Crippen molar-refractivity contribution < 1.29 is 4.92 Å². The highest BCUT2D eigenvalue weighted by atomic mass is 35.5. The molecule has 3 aromatic rings. The van der Waals surface area contributed by atoms with Crippen LogP contribution in [0.25, 0.3) is 18.3 Å². The van der Waals surface area contributed by atoms with Crippen molar-refractivity contribution in [3.63, 3.8) is 0 Å². The second-order valence-corrected chi connectivity index (χ2v) is 6.05. The number of aromatic nitrogens is 2. The summed E-state index contributed by atoms with van der Waals surface area (Å²) in [5.74, 6) is 0. The summed E-state index contributed by atoms with van der Waals surface area (Å²) in [6.45, 7) is 3.82. The van der Waals surface area contributed by atoms with E-state index in [1.165, 1.54) is 16.8 Å². The van der Waals surface area contributed by atoms with E-state index in [-0.39, 0.29) is 11.2 Å². The molecule has 6 nitrogen and oxygen atoms in total. The lowest BCUT2D eigenvalue weighted by molar-refractivity contribution is -0.384. The third-order valence-corrected chi connectivity index (χ3v) is 4.30. The van der Waals surface area contributed by atoms with Crippen LogP contribution in [0.1, 0.15) is 5.56 Å². The predicted molar refractivity (Wildman–Crippen MR) is 97.8 cm³/mol. The number of rotatable bonds is 3. The Morgan fingerprint density at radius 2 is 1.92 bits per heavy atom. The molecule has 2 aromatic carbocycles. The second kappa shape index (κ2) is 6.58. The van der Waals surface area contributed by atoms with Crippen LogP contribution in [-0.2, 0) is 0 Å². The molecule has 0 unspecified atom stereocenters. The topological polar surface area (TPSA) is 80.9 Å². The minimum absolute atomic E-state index is 0.0558. The number of aromatic amines is 1. The van der Waals surface area contributed by atoms with E-state index >= 15 is 0 Å². The summed E-state index contributed by atoms with van der Waals surface area (Å²) in [6.07, 6.45) is 1.54. The van der Waals surface area contributed by atoms with Gasteiger partial charge in [-0.15, -0.1) is 0 Å². The van der Waals surface area contributed by atoms with Gasteiger partial charge in [0.1, 0.15) is 0 Å². The van der Waals surface area contributed by atoms with Crippen molar-refractivity contribution in [2.24, 2.45) is 0 Å². The Balaban J connectivity index is 2.16. The molecule has 1 N–H and O–H groups in total. The van der Waals surface area contributed by atoms with Gasteiger partial charge in [-0.3, -0.25) is 20.0 Å². The molecule has 0 radical (unpaired) electrons. The fourth-order valence-corrected chi connectivity index (χ4v) is 2.64. The molecule has 0 saturated carbocycles. The molecule has 0 aliphatic heterocycles.